The van der Waals surface area contributed by atoms with Gasteiger partial charge in [-0.25, -0.2) is 0 Å². The van der Waals surface area contributed by atoms with Crippen molar-refractivity contribution >= 4 is 44.2 Å². The second-order valence-electron chi connectivity index (χ2n) is 6.15. The van der Waals surface area contributed by atoms with Crippen molar-refractivity contribution in [3.8, 4) is 0 Å². The molecule has 3 rings (SSSR count). The first-order chi connectivity index (χ1) is 12.8. The lowest BCUT2D eigenvalue weighted by Gasteiger charge is -2.29. The van der Waals surface area contributed by atoms with E-state index in [-0.39, 0.29) is 16.6 Å². The molecule has 0 bridgehead atoms. The monoisotopic (exact) mass is 403 g/mol. The van der Waals surface area contributed by atoms with E-state index in [9.17, 15) is 13.2 Å². The highest BCUT2D eigenvalue weighted by molar-refractivity contribution is 8.15. The molecule has 8 heteroatoms. The van der Waals surface area contributed by atoms with Crippen molar-refractivity contribution in [2.45, 2.75) is 25.7 Å². The highest BCUT2D eigenvalue weighted by Gasteiger charge is 2.30. The third kappa shape index (κ3) is 4.01. The molecule has 0 radical (unpaired) electrons. The first-order valence-electron chi connectivity index (χ1n) is 8.54. The molecule has 0 fully saturated rings. The van der Waals surface area contributed by atoms with Crippen LogP contribution in [0.2, 0.25) is 0 Å². The third-order valence-corrected chi connectivity index (χ3v) is 6.80. The molecule has 1 aliphatic rings. The summed E-state index contributed by atoms with van der Waals surface area (Å²) in [6, 6.07) is 12.5. The number of carbonyl (C=O) groups excluding carboxylic acids is 1. The van der Waals surface area contributed by atoms with Gasteiger partial charge in [-0.2, -0.15) is 8.42 Å². The fourth-order valence-corrected chi connectivity index (χ4v) is 5.13. The summed E-state index contributed by atoms with van der Waals surface area (Å²) in [5.41, 5.74) is 3.46. The molecule has 2 aromatic carbocycles. The third-order valence-electron chi connectivity index (χ3n) is 4.39. The van der Waals surface area contributed by atoms with Gasteiger partial charge in [-0.1, -0.05) is 36.0 Å². The Morgan fingerprint density at radius 2 is 1.89 bits per heavy atom. The molecular formula is C19H21N3O3S2. The van der Waals surface area contributed by atoms with Gasteiger partial charge in [0.05, 0.1) is 11.4 Å². The number of nitrogens with zero attached hydrogens (tertiary/aromatic N) is 2. The number of hydrogen-bond donors (Lipinski definition) is 1. The molecule has 0 aliphatic carbocycles. The van der Waals surface area contributed by atoms with Crippen LogP contribution < -0.4 is 10.2 Å². The Balaban J connectivity index is 1.76. The van der Waals surface area contributed by atoms with Crippen molar-refractivity contribution in [2.24, 2.45) is 4.40 Å². The van der Waals surface area contributed by atoms with Crippen LogP contribution in [0.15, 0.2) is 51.8 Å². The maximum Gasteiger partial charge on any atom is 0.286 e. The first-order valence-corrected chi connectivity index (χ1v) is 11.0. The number of nitrogens with one attached hydrogen (secondary N) is 1. The van der Waals surface area contributed by atoms with Crippen LogP contribution in [0.5, 0.6) is 0 Å². The van der Waals surface area contributed by atoms with Crippen LogP contribution in [0, 0.1) is 13.8 Å². The van der Waals surface area contributed by atoms with E-state index in [2.05, 4.69) is 9.71 Å². The zero-order valence-corrected chi connectivity index (χ0v) is 17.0. The van der Waals surface area contributed by atoms with Crippen molar-refractivity contribution < 1.29 is 13.2 Å². The van der Waals surface area contributed by atoms with Gasteiger partial charge < -0.3 is 10.2 Å². The number of amidine groups is 1. The number of anilines is 2. The van der Waals surface area contributed by atoms with Gasteiger partial charge in [-0.05, 0) is 50.1 Å². The van der Waals surface area contributed by atoms with Gasteiger partial charge in [0, 0.05) is 12.2 Å². The minimum absolute atomic E-state index is 0.0698. The van der Waals surface area contributed by atoms with Crippen molar-refractivity contribution in [1.29, 1.82) is 0 Å². The molecule has 1 heterocycles. The number of fused-ring (bicyclic) bond motifs is 1. The van der Waals surface area contributed by atoms with Crippen LogP contribution >= 0.6 is 11.8 Å². The van der Waals surface area contributed by atoms with Crippen molar-refractivity contribution in [2.75, 3.05) is 22.5 Å². The van der Waals surface area contributed by atoms with Crippen molar-refractivity contribution in [3.63, 3.8) is 0 Å². The average molecular weight is 404 g/mol. The summed E-state index contributed by atoms with van der Waals surface area (Å²) in [6.45, 7) is 6.40. The van der Waals surface area contributed by atoms with E-state index >= 15 is 0 Å². The highest BCUT2D eigenvalue weighted by atomic mass is 32.2. The first kappa shape index (κ1) is 19.4. The van der Waals surface area contributed by atoms with Gasteiger partial charge in [0.1, 0.15) is 4.90 Å². The van der Waals surface area contributed by atoms with Crippen LogP contribution in [0.3, 0.4) is 0 Å². The second kappa shape index (κ2) is 7.74. The number of sulfonamides is 1. The Labute approximate surface area is 163 Å². The number of amides is 1. The van der Waals surface area contributed by atoms with Gasteiger partial charge in [0.25, 0.3) is 10.0 Å². The second-order valence-corrected chi connectivity index (χ2v) is 8.66. The fraction of sp³-hybridized carbons (Fsp3) is 0.263. The van der Waals surface area contributed by atoms with E-state index in [0.717, 1.165) is 28.6 Å². The standard InChI is InChI=1S/C19H21N3O3S2/c1-4-22-16-10-5-6-11-17(16)27(24,25)21-19(22)26-12-18(23)20-15-9-7-8-13(2)14(15)3/h5-11H,4,12H2,1-3H3,(H,20,23). The average Bonchev–Trinajstić information content (AvgIpc) is 2.64. The lowest BCUT2D eigenvalue weighted by molar-refractivity contribution is -0.113. The molecule has 1 amide bonds. The zero-order valence-electron chi connectivity index (χ0n) is 15.4. The van der Waals surface area contributed by atoms with Gasteiger partial charge in [0.2, 0.25) is 5.91 Å². The summed E-state index contributed by atoms with van der Waals surface area (Å²) in [4.78, 5) is 14.4. The number of thioether (sulfide) groups is 1. The van der Waals surface area contributed by atoms with Crippen LogP contribution in [-0.4, -0.2) is 31.8 Å². The Morgan fingerprint density at radius 3 is 2.63 bits per heavy atom. The Kier molecular flexibility index (Phi) is 5.57. The largest absolute Gasteiger partial charge is 0.325 e. The van der Waals surface area contributed by atoms with E-state index in [0.29, 0.717) is 17.4 Å². The lowest BCUT2D eigenvalue weighted by Crippen LogP contribution is -2.34. The SMILES string of the molecule is CCN1C(SCC(=O)Nc2cccc(C)c2C)=NS(=O)(=O)c2ccccc21. The van der Waals surface area contributed by atoms with Gasteiger partial charge in [-0.15, -0.1) is 4.40 Å². The summed E-state index contributed by atoms with van der Waals surface area (Å²) in [6.07, 6.45) is 0. The van der Waals surface area contributed by atoms with Crippen molar-refractivity contribution in [3.05, 3.63) is 53.6 Å². The highest BCUT2D eigenvalue weighted by Crippen LogP contribution is 2.33. The molecular weight excluding hydrogens is 382 g/mol. The number of benzene rings is 2. The van der Waals surface area contributed by atoms with Crippen LogP contribution in [0.4, 0.5) is 11.4 Å². The van der Waals surface area contributed by atoms with E-state index < -0.39 is 10.0 Å². The molecule has 0 aromatic heterocycles. The minimum Gasteiger partial charge on any atom is -0.325 e. The smallest absolute Gasteiger partial charge is 0.286 e. The molecule has 1 N–H and O–H groups in total. The van der Waals surface area contributed by atoms with E-state index in [1.807, 2.05) is 43.9 Å². The molecule has 6 nitrogen and oxygen atoms in total. The molecule has 142 valence electrons. The number of para-hydroxylation sites is 1. The van der Waals surface area contributed by atoms with E-state index in [4.69, 9.17) is 0 Å². The number of hydrogen-bond acceptors (Lipinski definition) is 5. The van der Waals surface area contributed by atoms with Crippen molar-refractivity contribution in [1.82, 2.24) is 0 Å². The van der Waals surface area contributed by atoms with E-state index in [1.165, 1.54) is 0 Å². The summed E-state index contributed by atoms with van der Waals surface area (Å²) < 4.78 is 28.8. The number of rotatable bonds is 4. The normalized spacial score (nSPS) is 15.1. The summed E-state index contributed by atoms with van der Waals surface area (Å²) in [5.74, 6) is -0.135. The minimum atomic E-state index is -3.76. The quantitative estimate of drug-likeness (QED) is 0.844. The van der Waals surface area contributed by atoms with Gasteiger partial charge in [0.15, 0.2) is 5.17 Å². The van der Waals surface area contributed by atoms with E-state index in [1.54, 1.807) is 24.3 Å². The topological polar surface area (TPSA) is 78.8 Å². The van der Waals surface area contributed by atoms with Crippen LogP contribution in [0.1, 0.15) is 18.1 Å². The molecule has 0 spiro atoms. The van der Waals surface area contributed by atoms with Gasteiger partial charge in [-0.3, -0.25) is 4.79 Å². The molecule has 0 atom stereocenters. The number of aryl methyl sites for hydroxylation is 1. The van der Waals surface area contributed by atoms with Gasteiger partial charge >= 0.3 is 0 Å². The maximum atomic E-state index is 12.4. The summed E-state index contributed by atoms with van der Waals surface area (Å²) in [7, 11) is -3.76. The summed E-state index contributed by atoms with van der Waals surface area (Å²) in [5, 5.41) is 3.19. The Hall–Kier alpha value is -2.32. The molecule has 2 aromatic rings. The fourth-order valence-electron chi connectivity index (χ4n) is 2.82. The summed E-state index contributed by atoms with van der Waals surface area (Å²) >= 11 is 1.12. The lowest BCUT2D eigenvalue weighted by atomic mass is 10.1. The Bertz CT molecular complexity index is 1020. The van der Waals surface area contributed by atoms with Crippen LogP contribution in [-0.2, 0) is 14.8 Å². The predicted octanol–water partition coefficient (Wildman–Crippen LogP) is 3.56. The molecule has 1 aliphatic heterocycles. The molecule has 0 unspecified atom stereocenters. The Morgan fingerprint density at radius 1 is 1.15 bits per heavy atom. The zero-order chi connectivity index (χ0) is 19.6. The van der Waals surface area contributed by atoms with Crippen LogP contribution in [0.25, 0.3) is 0 Å². The maximum absolute atomic E-state index is 12.4. The molecule has 0 saturated heterocycles. The predicted molar refractivity (Wildman–Crippen MR) is 111 cm³/mol. The molecule has 0 saturated carbocycles. The molecule has 27 heavy (non-hydrogen) atoms. The number of carbonyl (C=O) groups is 1.